The highest BCUT2D eigenvalue weighted by Crippen LogP contribution is 2.29. The van der Waals surface area contributed by atoms with Crippen LogP contribution in [0.1, 0.15) is 49.8 Å². The van der Waals surface area contributed by atoms with Crippen molar-refractivity contribution in [3.63, 3.8) is 0 Å². The van der Waals surface area contributed by atoms with Crippen molar-refractivity contribution in [1.29, 1.82) is 0 Å². The zero-order chi connectivity index (χ0) is 20.6. The van der Waals surface area contributed by atoms with Gasteiger partial charge in [-0.1, -0.05) is 92.8 Å². The first kappa shape index (κ1) is 20.3. The first-order valence-electron chi connectivity index (χ1n) is 11.0. The van der Waals surface area contributed by atoms with E-state index < -0.39 is 0 Å². The summed E-state index contributed by atoms with van der Waals surface area (Å²) in [5.41, 5.74) is 3.79. The molecule has 0 radical (unpaired) electrons. The zero-order valence-electron chi connectivity index (χ0n) is 17.4. The van der Waals surface area contributed by atoms with Crippen LogP contribution >= 0.6 is 0 Å². The van der Waals surface area contributed by atoms with E-state index in [2.05, 4.69) is 10.3 Å². The third kappa shape index (κ3) is 5.53. The maximum Gasteiger partial charge on any atom is 0.229 e. The molecule has 4 rings (SSSR count). The van der Waals surface area contributed by atoms with Crippen LogP contribution in [0.25, 0.3) is 11.3 Å². The molecule has 1 amide bonds. The standard InChI is InChI=1S/C26H29N3O/c30-25(18-21-12-6-2-7-13-21)29-26-23(17-16-20-10-4-1-5-11-20)28-24(19-27-26)22-14-8-3-9-15-22/h2-3,6-9,12-15,19-20H,1,4-5,10-11,16-18H2,(H,27,29,30). The molecule has 0 aliphatic heterocycles. The van der Waals surface area contributed by atoms with E-state index in [9.17, 15) is 4.79 Å². The maximum atomic E-state index is 12.6. The Morgan fingerprint density at radius 2 is 1.63 bits per heavy atom. The number of amides is 1. The van der Waals surface area contributed by atoms with Gasteiger partial charge in [0, 0.05) is 5.56 Å². The molecule has 3 aromatic rings. The summed E-state index contributed by atoms with van der Waals surface area (Å²) < 4.78 is 0. The fourth-order valence-corrected chi connectivity index (χ4v) is 4.23. The summed E-state index contributed by atoms with van der Waals surface area (Å²) in [5, 5.41) is 3.01. The van der Waals surface area contributed by atoms with Gasteiger partial charge in [-0.05, 0) is 24.3 Å². The van der Waals surface area contributed by atoms with E-state index in [0.717, 1.165) is 41.3 Å². The molecular formula is C26H29N3O. The molecule has 2 aromatic carbocycles. The number of aryl methyl sites for hydroxylation is 1. The number of hydrogen-bond acceptors (Lipinski definition) is 3. The van der Waals surface area contributed by atoms with E-state index >= 15 is 0 Å². The molecule has 1 aromatic heterocycles. The minimum absolute atomic E-state index is 0.0538. The van der Waals surface area contributed by atoms with Crippen molar-refractivity contribution in [3.8, 4) is 11.3 Å². The van der Waals surface area contributed by atoms with Crippen LogP contribution in [0.3, 0.4) is 0 Å². The number of carbonyl (C=O) groups excluding carboxylic acids is 1. The molecule has 0 unspecified atom stereocenters. The smallest absolute Gasteiger partial charge is 0.229 e. The number of nitrogens with one attached hydrogen (secondary N) is 1. The van der Waals surface area contributed by atoms with Gasteiger partial charge in [0.2, 0.25) is 5.91 Å². The zero-order valence-corrected chi connectivity index (χ0v) is 17.4. The Morgan fingerprint density at radius 1 is 0.933 bits per heavy atom. The summed E-state index contributed by atoms with van der Waals surface area (Å²) >= 11 is 0. The summed E-state index contributed by atoms with van der Waals surface area (Å²) in [6, 6.07) is 19.9. The van der Waals surface area contributed by atoms with E-state index in [1.54, 1.807) is 6.20 Å². The molecule has 0 atom stereocenters. The van der Waals surface area contributed by atoms with Crippen LogP contribution in [0.15, 0.2) is 66.9 Å². The summed E-state index contributed by atoms with van der Waals surface area (Å²) in [4.78, 5) is 22.1. The molecule has 0 bridgehead atoms. The number of hydrogen-bond donors (Lipinski definition) is 1. The molecule has 1 saturated carbocycles. The van der Waals surface area contributed by atoms with Crippen LogP contribution in [0.5, 0.6) is 0 Å². The predicted octanol–water partition coefficient (Wildman–Crippen LogP) is 5.84. The molecule has 1 heterocycles. The summed E-state index contributed by atoms with van der Waals surface area (Å²) in [6.45, 7) is 0. The van der Waals surface area contributed by atoms with E-state index in [1.807, 2.05) is 60.7 Å². The minimum Gasteiger partial charge on any atom is -0.309 e. The lowest BCUT2D eigenvalue weighted by Crippen LogP contribution is -2.18. The van der Waals surface area contributed by atoms with Gasteiger partial charge in [-0.25, -0.2) is 9.97 Å². The van der Waals surface area contributed by atoms with Crippen molar-refractivity contribution in [2.24, 2.45) is 5.92 Å². The van der Waals surface area contributed by atoms with Crippen LogP contribution < -0.4 is 5.32 Å². The van der Waals surface area contributed by atoms with Gasteiger partial charge >= 0.3 is 0 Å². The van der Waals surface area contributed by atoms with Gasteiger partial charge in [0.1, 0.15) is 0 Å². The van der Waals surface area contributed by atoms with Crippen molar-refractivity contribution in [2.45, 2.75) is 51.4 Å². The number of benzene rings is 2. The average molecular weight is 400 g/mol. The quantitative estimate of drug-likeness (QED) is 0.543. The Hall–Kier alpha value is -3.01. The normalized spacial score (nSPS) is 14.4. The Balaban J connectivity index is 1.52. The second kappa shape index (κ2) is 10.1. The van der Waals surface area contributed by atoms with Crippen molar-refractivity contribution < 1.29 is 4.79 Å². The van der Waals surface area contributed by atoms with Crippen LogP contribution in [0, 0.1) is 5.92 Å². The molecule has 1 aliphatic carbocycles. The number of aromatic nitrogens is 2. The predicted molar refractivity (Wildman–Crippen MR) is 121 cm³/mol. The second-order valence-corrected chi connectivity index (χ2v) is 8.17. The van der Waals surface area contributed by atoms with Gasteiger partial charge in [-0.3, -0.25) is 4.79 Å². The van der Waals surface area contributed by atoms with Crippen LogP contribution in [-0.4, -0.2) is 15.9 Å². The highest BCUT2D eigenvalue weighted by Gasteiger charge is 2.17. The van der Waals surface area contributed by atoms with Gasteiger partial charge in [0.05, 0.1) is 24.0 Å². The fraction of sp³-hybridized carbons (Fsp3) is 0.346. The third-order valence-electron chi connectivity index (χ3n) is 5.89. The first-order valence-corrected chi connectivity index (χ1v) is 11.0. The number of carbonyl (C=O) groups is 1. The first-order chi connectivity index (χ1) is 14.8. The second-order valence-electron chi connectivity index (χ2n) is 8.17. The molecule has 1 fully saturated rings. The van der Waals surface area contributed by atoms with Crippen molar-refractivity contribution in [1.82, 2.24) is 9.97 Å². The topological polar surface area (TPSA) is 54.9 Å². The Kier molecular flexibility index (Phi) is 6.86. The van der Waals surface area contributed by atoms with Gasteiger partial charge in [0.15, 0.2) is 5.82 Å². The molecule has 1 N–H and O–H groups in total. The fourth-order valence-electron chi connectivity index (χ4n) is 4.23. The summed E-state index contributed by atoms with van der Waals surface area (Å²) in [7, 11) is 0. The average Bonchev–Trinajstić information content (AvgIpc) is 2.80. The largest absolute Gasteiger partial charge is 0.309 e. The summed E-state index contributed by atoms with van der Waals surface area (Å²) in [6.07, 6.45) is 10.7. The SMILES string of the molecule is O=C(Cc1ccccc1)Nc1ncc(-c2ccccc2)nc1CCC1CCCCC1. The lowest BCUT2D eigenvalue weighted by atomic mass is 9.86. The van der Waals surface area contributed by atoms with E-state index in [-0.39, 0.29) is 5.91 Å². The van der Waals surface area contributed by atoms with Crippen LogP contribution in [-0.2, 0) is 17.6 Å². The van der Waals surface area contributed by atoms with Crippen molar-refractivity contribution in [3.05, 3.63) is 78.1 Å². The number of rotatable bonds is 7. The van der Waals surface area contributed by atoms with Gasteiger partial charge in [-0.2, -0.15) is 0 Å². The maximum absolute atomic E-state index is 12.6. The molecule has 0 spiro atoms. The molecule has 30 heavy (non-hydrogen) atoms. The summed E-state index contributed by atoms with van der Waals surface area (Å²) in [5.74, 6) is 1.31. The molecule has 0 saturated heterocycles. The molecule has 1 aliphatic rings. The molecular weight excluding hydrogens is 370 g/mol. The van der Waals surface area contributed by atoms with E-state index in [4.69, 9.17) is 4.98 Å². The lowest BCUT2D eigenvalue weighted by molar-refractivity contribution is -0.115. The monoisotopic (exact) mass is 399 g/mol. The lowest BCUT2D eigenvalue weighted by Gasteiger charge is -2.21. The molecule has 4 heteroatoms. The molecule has 154 valence electrons. The van der Waals surface area contributed by atoms with Gasteiger partial charge in [-0.15, -0.1) is 0 Å². The van der Waals surface area contributed by atoms with Gasteiger partial charge < -0.3 is 5.32 Å². The number of anilines is 1. The van der Waals surface area contributed by atoms with Crippen molar-refractivity contribution >= 4 is 11.7 Å². The van der Waals surface area contributed by atoms with E-state index in [0.29, 0.717) is 12.2 Å². The van der Waals surface area contributed by atoms with E-state index in [1.165, 1.54) is 32.1 Å². The number of nitrogens with zero attached hydrogens (tertiary/aromatic N) is 2. The van der Waals surface area contributed by atoms with Gasteiger partial charge in [0.25, 0.3) is 0 Å². The Bertz CT molecular complexity index is 951. The Morgan fingerprint density at radius 3 is 2.37 bits per heavy atom. The molecule has 4 nitrogen and oxygen atoms in total. The third-order valence-corrected chi connectivity index (χ3v) is 5.89. The highest BCUT2D eigenvalue weighted by atomic mass is 16.1. The minimum atomic E-state index is -0.0538. The Labute approximate surface area is 178 Å². The van der Waals surface area contributed by atoms with Crippen molar-refractivity contribution in [2.75, 3.05) is 5.32 Å². The van der Waals surface area contributed by atoms with Crippen LogP contribution in [0.4, 0.5) is 5.82 Å². The van der Waals surface area contributed by atoms with Crippen LogP contribution in [0.2, 0.25) is 0 Å². The highest BCUT2D eigenvalue weighted by molar-refractivity contribution is 5.91.